The van der Waals surface area contributed by atoms with Crippen molar-refractivity contribution in [3.63, 3.8) is 0 Å². The van der Waals surface area contributed by atoms with Gasteiger partial charge in [0.25, 0.3) is 0 Å². The van der Waals surface area contributed by atoms with Gasteiger partial charge in [-0.3, -0.25) is 9.59 Å². The number of pyridine rings is 1. The summed E-state index contributed by atoms with van der Waals surface area (Å²) in [5.41, 5.74) is 0.775. The first-order chi connectivity index (χ1) is 9.38. The standard InChI is InChI=1S/C14H17BrN2O3/c1-7-5-9(10(6-7)14(19)20)13(18)17-12-4-3-11(15)8(2)16-12/h3-4,7,9-10H,5-6H2,1-2H3,(H,19,20)(H,16,17,18)/t7?,9-,10+/m0/s1. The zero-order valence-electron chi connectivity index (χ0n) is 11.4. The van der Waals surface area contributed by atoms with E-state index in [9.17, 15) is 14.7 Å². The highest BCUT2D eigenvalue weighted by Crippen LogP contribution is 2.37. The van der Waals surface area contributed by atoms with Crippen molar-refractivity contribution in [1.29, 1.82) is 0 Å². The van der Waals surface area contributed by atoms with Gasteiger partial charge in [-0.1, -0.05) is 6.92 Å². The van der Waals surface area contributed by atoms with Crippen LogP contribution in [0.1, 0.15) is 25.5 Å². The lowest BCUT2D eigenvalue weighted by Gasteiger charge is -2.15. The second kappa shape index (κ2) is 5.91. The van der Waals surface area contributed by atoms with Gasteiger partial charge in [0.1, 0.15) is 5.82 Å². The number of hydrogen-bond donors (Lipinski definition) is 2. The Bertz CT molecular complexity index is 547. The van der Waals surface area contributed by atoms with Crippen LogP contribution in [0.3, 0.4) is 0 Å². The third-order valence-electron chi connectivity index (χ3n) is 3.72. The van der Waals surface area contributed by atoms with Crippen LogP contribution in [0.4, 0.5) is 5.82 Å². The number of anilines is 1. The van der Waals surface area contributed by atoms with Crippen molar-refractivity contribution in [2.75, 3.05) is 5.32 Å². The molecule has 0 saturated heterocycles. The van der Waals surface area contributed by atoms with Gasteiger partial charge in [-0.25, -0.2) is 4.98 Å². The minimum absolute atomic E-state index is 0.254. The highest BCUT2D eigenvalue weighted by atomic mass is 79.9. The lowest BCUT2D eigenvalue weighted by molar-refractivity contribution is -0.145. The number of carboxylic acids is 1. The molecule has 1 aromatic heterocycles. The number of nitrogens with one attached hydrogen (secondary N) is 1. The molecule has 1 aliphatic rings. The summed E-state index contributed by atoms with van der Waals surface area (Å²) in [6.45, 7) is 3.81. The van der Waals surface area contributed by atoms with Crippen LogP contribution in [0, 0.1) is 24.7 Å². The summed E-state index contributed by atoms with van der Waals surface area (Å²) in [6.07, 6.45) is 1.17. The summed E-state index contributed by atoms with van der Waals surface area (Å²) < 4.78 is 0.869. The summed E-state index contributed by atoms with van der Waals surface area (Å²) in [5, 5.41) is 11.9. The molecule has 5 nitrogen and oxygen atoms in total. The maximum absolute atomic E-state index is 12.2. The van der Waals surface area contributed by atoms with E-state index in [1.165, 1.54) is 0 Å². The SMILES string of the molecule is Cc1nc(NC(=O)[C@H]2CC(C)C[C@H]2C(=O)O)ccc1Br. The lowest BCUT2D eigenvalue weighted by atomic mass is 9.95. The van der Waals surface area contributed by atoms with Crippen LogP contribution in [0.25, 0.3) is 0 Å². The molecule has 0 spiro atoms. The van der Waals surface area contributed by atoms with E-state index in [0.717, 1.165) is 10.2 Å². The topological polar surface area (TPSA) is 79.3 Å². The van der Waals surface area contributed by atoms with Crippen molar-refractivity contribution in [1.82, 2.24) is 4.98 Å². The smallest absolute Gasteiger partial charge is 0.307 e. The number of rotatable bonds is 3. The Kier molecular flexibility index (Phi) is 4.42. The zero-order valence-corrected chi connectivity index (χ0v) is 13.0. The summed E-state index contributed by atoms with van der Waals surface area (Å²) >= 11 is 3.35. The van der Waals surface area contributed by atoms with Crippen molar-refractivity contribution >= 4 is 33.6 Å². The Labute approximate surface area is 125 Å². The number of amides is 1. The van der Waals surface area contributed by atoms with Crippen LogP contribution in [0.2, 0.25) is 0 Å². The molecule has 3 atom stereocenters. The molecule has 0 aliphatic heterocycles. The molecule has 0 bridgehead atoms. The average Bonchev–Trinajstić information content (AvgIpc) is 2.76. The molecule has 20 heavy (non-hydrogen) atoms. The number of hydrogen-bond acceptors (Lipinski definition) is 3. The quantitative estimate of drug-likeness (QED) is 0.886. The monoisotopic (exact) mass is 340 g/mol. The van der Waals surface area contributed by atoms with E-state index in [-0.39, 0.29) is 11.8 Å². The number of aryl methyl sites for hydroxylation is 1. The lowest BCUT2D eigenvalue weighted by Crippen LogP contribution is -2.30. The van der Waals surface area contributed by atoms with E-state index < -0.39 is 17.8 Å². The molecule has 1 aromatic rings. The molecular formula is C14H17BrN2O3. The van der Waals surface area contributed by atoms with E-state index in [4.69, 9.17) is 0 Å². The third kappa shape index (κ3) is 3.17. The Morgan fingerprint density at radius 3 is 2.60 bits per heavy atom. The number of carbonyl (C=O) groups excluding carboxylic acids is 1. The van der Waals surface area contributed by atoms with Gasteiger partial charge in [0.2, 0.25) is 5.91 Å². The molecule has 1 aliphatic carbocycles. The number of aromatic nitrogens is 1. The Morgan fingerprint density at radius 2 is 2.00 bits per heavy atom. The average molecular weight is 341 g/mol. The van der Waals surface area contributed by atoms with Crippen LogP contribution < -0.4 is 5.32 Å². The molecule has 1 heterocycles. The van der Waals surface area contributed by atoms with Gasteiger partial charge in [-0.2, -0.15) is 0 Å². The van der Waals surface area contributed by atoms with Gasteiger partial charge in [0.05, 0.1) is 17.5 Å². The van der Waals surface area contributed by atoms with Crippen LogP contribution in [-0.4, -0.2) is 22.0 Å². The van der Waals surface area contributed by atoms with Crippen LogP contribution in [-0.2, 0) is 9.59 Å². The number of halogens is 1. The normalized spacial score (nSPS) is 25.4. The molecule has 0 radical (unpaired) electrons. The van der Waals surface area contributed by atoms with Crippen molar-refractivity contribution in [2.24, 2.45) is 17.8 Å². The van der Waals surface area contributed by atoms with Gasteiger partial charge in [0, 0.05) is 4.47 Å². The largest absolute Gasteiger partial charge is 0.481 e. The molecule has 2 N–H and O–H groups in total. The fourth-order valence-electron chi connectivity index (χ4n) is 2.69. The van der Waals surface area contributed by atoms with Crippen LogP contribution in [0.15, 0.2) is 16.6 Å². The van der Waals surface area contributed by atoms with Gasteiger partial charge in [-0.15, -0.1) is 0 Å². The molecule has 1 fully saturated rings. The van der Waals surface area contributed by atoms with Gasteiger partial charge in [0.15, 0.2) is 0 Å². The molecule has 108 valence electrons. The summed E-state index contributed by atoms with van der Waals surface area (Å²) in [5.74, 6) is -1.51. The molecular weight excluding hydrogens is 324 g/mol. The van der Waals surface area contributed by atoms with Gasteiger partial charge < -0.3 is 10.4 Å². The molecule has 2 rings (SSSR count). The second-order valence-electron chi connectivity index (χ2n) is 5.38. The molecule has 1 unspecified atom stereocenters. The van der Waals surface area contributed by atoms with Crippen molar-refractivity contribution in [3.05, 3.63) is 22.3 Å². The van der Waals surface area contributed by atoms with E-state index in [2.05, 4.69) is 26.2 Å². The summed E-state index contributed by atoms with van der Waals surface area (Å²) in [7, 11) is 0. The predicted molar refractivity (Wildman–Crippen MR) is 78.3 cm³/mol. The Hall–Kier alpha value is -1.43. The van der Waals surface area contributed by atoms with E-state index >= 15 is 0 Å². The summed E-state index contributed by atoms with van der Waals surface area (Å²) in [6, 6.07) is 3.51. The number of carboxylic acid groups (broad SMARTS) is 1. The first-order valence-electron chi connectivity index (χ1n) is 6.55. The van der Waals surface area contributed by atoms with Gasteiger partial charge >= 0.3 is 5.97 Å². The molecule has 6 heteroatoms. The van der Waals surface area contributed by atoms with Crippen LogP contribution >= 0.6 is 15.9 Å². The maximum atomic E-state index is 12.2. The minimum atomic E-state index is -0.894. The van der Waals surface area contributed by atoms with Crippen molar-refractivity contribution < 1.29 is 14.7 Å². The first-order valence-corrected chi connectivity index (χ1v) is 7.34. The fraction of sp³-hybridized carbons (Fsp3) is 0.500. The van der Waals surface area contributed by atoms with E-state index in [1.54, 1.807) is 6.07 Å². The number of carbonyl (C=O) groups is 2. The minimum Gasteiger partial charge on any atom is -0.481 e. The van der Waals surface area contributed by atoms with E-state index in [0.29, 0.717) is 18.7 Å². The molecule has 0 aromatic carbocycles. The molecule has 1 amide bonds. The van der Waals surface area contributed by atoms with Crippen molar-refractivity contribution in [2.45, 2.75) is 26.7 Å². The zero-order chi connectivity index (χ0) is 14.9. The summed E-state index contributed by atoms with van der Waals surface area (Å²) in [4.78, 5) is 27.7. The highest BCUT2D eigenvalue weighted by molar-refractivity contribution is 9.10. The number of nitrogens with zero attached hydrogens (tertiary/aromatic N) is 1. The molecule has 1 saturated carbocycles. The highest BCUT2D eigenvalue weighted by Gasteiger charge is 2.41. The Balaban J connectivity index is 2.11. The number of aliphatic carboxylic acids is 1. The predicted octanol–water partition coefficient (Wildman–Crippen LogP) is 2.84. The van der Waals surface area contributed by atoms with Gasteiger partial charge in [-0.05, 0) is 53.7 Å². The maximum Gasteiger partial charge on any atom is 0.307 e. The Morgan fingerprint density at radius 1 is 1.35 bits per heavy atom. The first kappa shape index (κ1) is 15.0. The van der Waals surface area contributed by atoms with E-state index in [1.807, 2.05) is 19.9 Å². The van der Waals surface area contributed by atoms with Crippen molar-refractivity contribution in [3.8, 4) is 0 Å². The third-order valence-corrected chi connectivity index (χ3v) is 4.56. The fourth-order valence-corrected chi connectivity index (χ4v) is 2.91. The van der Waals surface area contributed by atoms with Crippen LogP contribution in [0.5, 0.6) is 0 Å². The second-order valence-corrected chi connectivity index (χ2v) is 6.24.